The van der Waals surface area contributed by atoms with Gasteiger partial charge in [0.15, 0.2) is 0 Å². The van der Waals surface area contributed by atoms with Crippen LogP contribution in [0.3, 0.4) is 0 Å². The molecular weight excluding hydrogens is 204 g/mol. The molecule has 1 fully saturated rings. The molecule has 2 N–H and O–H groups in total. The first-order chi connectivity index (χ1) is 7.81. The second kappa shape index (κ2) is 5.30. The average Bonchev–Trinajstić information content (AvgIpc) is 2.39. The smallest absolute Gasteiger partial charge is 0.118 e. The summed E-state index contributed by atoms with van der Waals surface area (Å²) in [5.41, 5.74) is 7.30. The minimum Gasteiger partial charge on any atom is -0.497 e. The number of hydrogen-bond acceptors (Lipinski definition) is 4. The molecule has 0 spiro atoms. The molecule has 0 radical (unpaired) electrons. The van der Waals surface area contributed by atoms with Gasteiger partial charge in [-0.15, -0.1) is 0 Å². The van der Waals surface area contributed by atoms with Gasteiger partial charge in [0.25, 0.3) is 0 Å². The summed E-state index contributed by atoms with van der Waals surface area (Å²) in [6, 6.07) is 7.91. The van der Waals surface area contributed by atoms with Crippen molar-refractivity contribution in [3.63, 3.8) is 0 Å². The lowest BCUT2D eigenvalue weighted by atomic mass is 10.1. The molecule has 88 valence electrons. The molecule has 1 aliphatic heterocycles. The van der Waals surface area contributed by atoms with Crippen molar-refractivity contribution in [1.29, 1.82) is 0 Å². The van der Waals surface area contributed by atoms with Crippen LogP contribution in [0, 0.1) is 0 Å². The number of hydrogen-bond donors (Lipinski definition) is 1. The maximum Gasteiger partial charge on any atom is 0.118 e. The third-order valence-electron chi connectivity index (χ3n) is 2.90. The predicted octanol–water partition coefficient (Wildman–Crippen LogP) is 0.985. The molecular formula is C12H18N2O2. The van der Waals surface area contributed by atoms with Gasteiger partial charge in [-0.3, -0.25) is 4.90 Å². The Kier molecular flexibility index (Phi) is 3.77. The number of nitrogens with two attached hydrogens (primary N) is 1. The van der Waals surface area contributed by atoms with E-state index in [1.165, 1.54) is 0 Å². The Hall–Kier alpha value is -1.10. The summed E-state index contributed by atoms with van der Waals surface area (Å²) in [7, 11) is 1.66. The Labute approximate surface area is 95.9 Å². The van der Waals surface area contributed by atoms with Crippen LogP contribution < -0.4 is 10.5 Å². The molecule has 4 nitrogen and oxygen atoms in total. The normalized spacial score (nSPS) is 19.4. The second-order valence-electron chi connectivity index (χ2n) is 3.87. The summed E-state index contributed by atoms with van der Waals surface area (Å²) in [5.74, 6) is 0.859. The van der Waals surface area contributed by atoms with Crippen molar-refractivity contribution >= 4 is 0 Å². The fraction of sp³-hybridized carbons (Fsp3) is 0.500. The molecule has 0 unspecified atom stereocenters. The van der Waals surface area contributed by atoms with Crippen molar-refractivity contribution in [3.8, 4) is 5.75 Å². The Morgan fingerprint density at radius 3 is 2.44 bits per heavy atom. The number of morpholine rings is 1. The molecule has 0 bridgehead atoms. The van der Waals surface area contributed by atoms with Gasteiger partial charge in [-0.05, 0) is 17.7 Å². The molecule has 1 aliphatic rings. The van der Waals surface area contributed by atoms with E-state index < -0.39 is 0 Å². The monoisotopic (exact) mass is 222 g/mol. The van der Waals surface area contributed by atoms with E-state index >= 15 is 0 Å². The van der Waals surface area contributed by atoms with Crippen LogP contribution in [-0.4, -0.2) is 38.3 Å². The van der Waals surface area contributed by atoms with Crippen molar-refractivity contribution in [2.24, 2.45) is 5.73 Å². The lowest BCUT2D eigenvalue weighted by Crippen LogP contribution is -2.42. The van der Waals surface area contributed by atoms with E-state index in [1.807, 2.05) is 24.3 Å². The summed E-state index contributed by atoms with van der Waals surface area (Å²) in [6.45, 7) is 3.33. The number of nitrogens with zero attached hydrogens (tertiary/aromatic N) is 1. The molecule has 1 aromatic carbocycles. The SMILES string of the molecule is COc1ccc([C@H](N)N2CCOCC2)cc1. The lowest BCUT2D eigenvalue weighted by molar-refractivity contribution is 0.0173. The van der Waals surface area contributed by atoms with Gasteiger partial charge in [0, 0.05) is 13.1 Å². The highest BCUT2D eigenvalue weighted by molar-refractivity contribution is 5.28. The Morgan fingerprint density at radius 2 is 1.88 bits per heavy atom. The topological polar surface area (TPSA) is 47.7 Å². The van der Waals surface area contributed by atoms with E-state index in [2.05, 4.69) is 4.90 Å². The molecule has 16 heavy (non-hydrogen) atoms. The summed E-state index contributed by atoms with van der Waals surface area (Å²) in [6.07, 6.45) is -0.0465. The van der Waals surface area contributed by atoms with Crippen LogP contribution in [0.4, 0.5) is 0 Å². The van der Waals surface area contributed by atoms with Crippen LogP contribution in [0.1, 0.15) is 11.7 Å². The van der Waals surface area contributed by atoms with Gasteiger partial charge in [0.2, 0.25) is 0 Å². The van der Waals surface area contributed by atoms with E-state index in [-0.39, 0.29) is 6.17 Å². The molecule has 0 amide bonds. The number of rotatable bonds is 3. The fourth-order valence-corrected chi connectivity index (χ4v) is 1.87. The maximum absolute atomic E-state index is 6.19. The highest BCUT2D eigenvalue weighted by Crippen LogP contribution is 2.19. The Morgan fingerprint density at radius 1 is 1.25 bits per heavy atom. The first kappa shape index (κ1) is 11.4. The van der Waals surface area contributed by atoms with Crippen molar-refractivity contribution < 1.29 is 9.47 Å². The van der Waals surface area contributed by atoms with E-state index in [1.54, 1.807) is 7.11 Å². The van der Waals surface area contributed by atoms with Gasteiger partial charge in [-0.1, -0.05) is 12.1 Å². The summed E-state index contributed by atoms with van der Waals surface area (Å²) in [4.78, 5) is 2.23. The van der Waals surface area contributed by atoms with Crippen molar-refractivity contribution in [1.82, 2.24) is 4.90 Å². The van der Waals surface area contributed by atoms with Crippen LogP contribution in [0.2, 0.25) is 0 Å². The molecule has 1 aromatic rings. The summed E-state index contributed by atoms with van der Waals surface area (Å²) in [5, 5.41) is 0. The Balaban J connectivity index is 2.04. The zero-order valence-electron chi connectivity index (χ0n) is 9.56. The number of ether oxygens (including phenoxy) is 2. The summed E-state index contributed by atoms with van der Waals surface area (Å²) < 4.78 is 10.4. The molecule has 0 saturated carbocycles. The van der Waals surface area contributed by atoms with Gasteiger partial charge in [-0.2, -0.15) is 0 Å². The number of benzene rings is 1. The summed E-state index contributed by atoms with van der Waals surface area (Å²) >= 11 is 0. The standard InChI is InChI=1S/C12H18N2O2/c1-15-11-4-2-10(3-5-11)12(13)14-6-8-16-9-7-14/h2-5,12H,6-9,13H2,1H3/t12-/m1/s1. The highest BCUT2D eigenvalue weighted by Gasteiger charge is 2.18. The van der Waals surface area contributed by atoms with Crippen molar-refractivity contribution in [3.05, 3.63) is 29.8 Å². The minimum atomic E-state index is -0.0465. The minimum absolute atomic E-state index is 0.0465. The third kappa shape index (κ3) is 2.52. The van der Waals surface area contributed by atoms with Crippen molar-refractivity contribution in [2.75, 3.05) is 33.4 Å². The second-order valence-corrected chi connectivity index (χ2v) is 3.87. The Bertz CT molecular complexity index is 320. The predicted molar refractivity (Wildman–Crippen MR) is 62.3 cm³/mol. The van der Waals surface area contributed by atoms with E-state index in [0.29, 0.717) is 0 Å². The quantitative estimate of drug-likeness (QED) is 0.828. The average molecular weight is 222 g/mol. The lowest BCUT2D eigenvalue weighted by Gasteiger charge is -2.32. The van der Waals surface area contributed by atoms with Gasteiger partial charge >= 0.3 is 0 Å². The van der Waals surface area contributed by atoms with Crippen LogP contribution in [0.15, 0.2) is 24.3 Å². The van der Waals surface area contributed by atoms with Gasteiger partial charge in [-0.25, -0.2) is 0 Å². The van der Waals surface area contributed by atoms with Crippen LogP contribution in [-0.2, 0) is 4.74 Å². The van der Waals surface area contributed by atoms with Gasteiger partial charge < -0.3 is 15.2 Å². The van der Waals surface area contributed by atoms with Crippen molar-refractivity contribution in [2.45, 2.75) is 6.17 Å². The van der Waals surface area contributed by atoms with Gasteiger partial charge in [0.1, 0.15) is 5.75 Å². The fourth-order valence-electron chi connectivity index (χ4n) is 1.87. The maximum atomic E-state index is 6.19. The molecule has 0 aromatic heterocycles. The van der Waals surface area contributed by atoms with E-state index in [0.717, 1.165) is 37.6 Å². The van der Waals surface area contributed by atoms with E-state index in [9.17, 15) is 0 Å². The highest BCUT2D eigenvalue weighted by atomic mass is 16.5. The molecule has 1 saturated heterocycles. The van der Waals surface area contributed by atoms with Gasteiger partial charge in [0.05, 0.1) is 26.5 Å². The first-order valence-corrected chi connectivity index (χ1v) is 5.52. The van der Waals surface area contributed by atoms with Crippen LogP contribution in [0.25, 0.3) is 0 Å². The van der Waals surface area contributed by atoms with E-state index in [4.69, 9.17) is 15.2 Å². The molecule has 1 atom stereocenters. The zero-order valence-corrected chi connectivity index (χ0v) is 9.56. The first-order valence-electron chi connectivity index (χ1n) is 5.52. The molecule has 0 aliphatic carbocycles. The van der Waals surface area contributed by atoms with Crippen LogP contribution >= 0.6 is 0 Å². The largest absolute Gasteiger partial charge is 0.497 e. The molecule has 4 heteroatoms. The number of methoxy groups -OCH3 is 1. The molecule has 1 heterocycles. The molecule has 2 rings (SSSR count). The third-order valence-corrected chi connectivity index (χ3v) is 2.90. The van der Waals surface area contributed by atoms with Crippen LogP contribution in [0.5, 0.6) is 5.75 Å². The zero-order chi connectivity index (χ0) is 11.4.